The average molecular weight is 339 g/mol. The molecular formula is C17H17ClF2N2O. The number of halogens is 3. The van der Waals surface area contributed by atoms with Crippen molar-refractivity contribution in [2.75, 3.05) is 7.05 Å². The first-order valence-corrected chi connectivity index (χ1v) is 7.45. The normalized spacial score (nSPS) is 11.9. The molecule has 0 fully saturated rings. The zero-order chi connectivity index (χ0) is 17.0. The number of nitrogens with zero attached hydrogens (tertiary/aromatic N) is 1. The van der Waals surface area contributed by atoms with Crippen LogP contribution in [-0.2, 0) is 6.54 Å². The van der Waals surface area contributed by atoms with Crippen LogP contribution in [0.25, 0.3) is 0 Å². The van der Waals surface area contributed by atoms with Crippen molar-refractivity contribution >= 4 is 17.6 Å². The topological polar surface area (TPSA) is 32.3 Å². The summed E-state index contributed by atoms with van der Waals surface area (Å²) in [6, 6.07) is 9.87. The highest BCUT2D eigenvalue weighted by Crippen LogP contribution is 2.17. The minimum Gasteiger partial charge on any atom is -0.331 e. The summed E-state index contributed by atoms with van der Waals surface area (Å²) in [4.78, 5) is 13.5. The summed E-state index contributed by atoms with van der Waals surface area (Å²) in [5.41, 5.74) is 1.16. The predicted octanol–water partition coefficient (Wildman–Crippen LogP) is 4.52. The van der Waals surface area contributed by atoms with E-state index < -0.39 is 11.6 Å². The Morgan fingerprint density at radius 2 is 1.87 bits per heavy atom. The van der Waals surface area contributed by atoms with Crippen LogP contribution in [0.15, 0.2) is 42.5 Å². The summed E-state index contributed by atoms with van der Waals surface area (Å²) in [5, 5.41) is 3.44. The molecule has 122 valence electrons. The predicted molar refractivity (Wildman–Crippen MR) is 86.2 cm³/mol. The average Bonchev–Trinajstić information content (AvgIpc) is 2.50. The van der Waals surface area contributed by atoms with E-state index in [9.17, 15) is 13.6 Å². The van der Waals surface area contributed by atoms with Crippen LogP contribution in [0.1, 0.15) is 24.1 Å². The molecule has 0 spiro atoms. The fourth-order valence-corrected chi connectivity index (χ4v) is 2.23. The van der Waals surface area contributed by atoms with Crippen molar-refractivity contribution in [2.45, 2.75) is 19.5 Å². The molecule has 2 aromatic carbocycles. The van der Waals surface area contributed by atoms with Gasteiger partial charge < -0.3 is 10.2 Å². The molecule has 0 aliphatic heterocycles. The van der Waals surface area contributed by atoms with Gasteiger partial charge in [-0.05, 0) is 30.7 Å². The first kappa shape index (κ1) is 17.2. The van der Waals surface area contributed by atoms with Crippen molar-refractivity contribution in [3.8, 4) is 0 Å². The highest BCUT2D eigenvalue weighted by atomic mass is 35.5. The summed E-state index contributed by atoms with van der Waals surface area (Å²) in [6.07, 6.45) is 0. The Kier molecular flexibility index (Phi) is 5.55. The Morgan fingerprint density at radius 1 is 1.22 bits per heavy atom. The molecule has 1 atom stereocenters. The minimum absolute atomic E-state index is 0.0469. The third-order valence-corrected chi connectivity index (χ3v) is 3.73. The largest absolute Gasteiger partial charge is 0.331 e. The van der Waals surface area contributed by atoms with E-state index in [1.54, 1.807) is 19.2 Å². The molecule has 0 heterocycles. The minimum atomic E-state index is -0.671. The Hall–Kier alpha value is -2.14. The third-order valence-electron chi connectivity index (χ3n) is 3.48. The summed E-state index contributed by atoms with van der Waals surface area (Å²) in [6.45, 7) is 1.89. The number of hydrogen-bond donors (Lipinski definition) is 1. The van der Waals surface area contributed by atoms with Crippen molar-refractivity contribution in [2.24, 2.45) is 0 Å². The number of amides is 2. The standard InChI is InChI=1S/C17H17ClF2N2O/c1-11(12-3-6-14(18)7-4-12)21-17(23)22(2)10-13-5-8-15(19)9-16(13)20/h3-9,11H,10H2,1-2H3,(H,21,23). The lowest BCUT2D eigenvalue weighted by Gasteiger charge is -2.22. The number of carbonyl (C=O) groups excluding carboxylic acids is 1. The van der Waals surface area contributed by atoms with E-state index in [0.29, 0.717) is 5.02 Å². The van der Waals surface area contributed by atoms with Crippen LogP contribution in [0.2, 0.25) is 5.02 Å². The van der Waals surface area contributed by atoms with Gasteiger partial charge in [0.2, 0.25) is 0 Å². The highest BCUT2D eigenvalue weighted by molar-refractivity contribution is 6.30. The molecule has 0 aromatic heterocycles. The number of rotatable bonds is 4. The summed E-state index contributed by atoms with van der Waals surface area (Å²) in [7, 11) is 1.55. The Morgan fingerprint density at radius 3 is 2.48 bits per heavy atom. The van der Waals surface area contributed by atoms with Crippen LogP contribution in [-0.4, -0.2) is 18.0 Å². The van der Waals surface area contributed by atoms with Crippen molar-refractivity contribution in [1.29, 1.82) is 0 Å². The van der Waals surface area contributed by atoms with E-state index in [0.717, 1.165) is 11.6 Å². The molecule has 0 saturated heterocycles. The fourth-order valence-electron chi connectivity index (χ4n) is 2.11. The zero-order valence-electron chi connectivity index (χ0n) is 12.8. The van der Waals surface area contributed by atoms with Crippen molar-refractivity contribution in [3.63, 3.8) is 0 Å². The second-order valence-corrected chi connectivity index (χ2v) is 5.75. The molecular weight excluding hydrogens is 322 g/mol. The van der Waals surface area contributed by atoms with E-state index >= 15 is 0 Å². The van der Waals surface area contributed by atoms with E-state index in [1.165, 1.54) is 17.0 Å². The third kappa shape index (κ3) is 4.66. The van der Waals surface area contributed by atoms with Gasteiger partial charge >= 0.3 is 6.03 Å². The Labute approximate surface area is 138 Å². The number of nitrogens with one attached hydrogen (secondary N) is 1. The smallest absolute Gasteiger partial charge is 0.317 e. The van der Waals surface area contributed by atoms with Crippen molar-refractivity contribution in [1.82, 2.24) is 10.2 Å². The lowest BCUT2D eigenvalue weighted by atomic mass is 10.1. The van der Waals surface area contributed by atoms with Gasteiger partial charge in [-0.25, -0.2) is 13.6 Å². The zero-order valence-corrected chi connectivity index (χ0v) is 13.6. The van der Waals surface area contributed by atoms with Crippen molar-refractivity contribution < 1.29 is 13.6 Å². The molecule has 3 nitrogen and oxygen atoms in total. The molecule has 1 N–H and O–H groups in total. The lowest BCUT2D eigenvalue weighted by Crippen LogP contribution is -2.38. The molecule has 0 saturated carbocycles. The van der Waals surface area contributed by atoms with Crippen LogP contribution in [0.4, 0.5) is 13.6 Å². The molecule has 0 aliphatic carbocycles. The van der Waals surface area contributed by atoms with Gasteiger partial charge in [-0.15, -0.1) is 0 Å². The van der Waals surface area contributed by atoms with Crippen LogP contribution < -0.4 is 5.32 Å². The second-order valence-electron chi connectivity index (χ2n) is 5.31. The van der Waals surface area contributed by atoms with Gasteiger partial charge in [-0.3, -0.25) is 0 Å². The van der Waals surface area contributed by atoms with Gasteiger partial charge in [-0.1, -0.05) is 29.8 Å². The van der Waals surface area contributed by atoms with Crippen LogP contribution in [0.3, 0.4) is 0 Å². The van der Waals surface area contributed by atoms with Gasteiger partial charge in [0, 0.05) is 30.2 Å². The number of hydrogen-bond acceptors (Lipinski definition) is 1. The first-order chi connectivity index (χ1) is 10.9. The molecule has 2 amide bonds. The van der Waals surface area contributed by atoms with Crippen LogP contribution in [0.5, 0.6) is 0 Å². The monoisotopic (exact) mass is 338 g/mol. The second kappa shape index (κ2) is 7.42. The lowest BCUT2D eigenvalue weighted by molar-refractivity contribution is 0.203. The molecule has 0 aliphatic rings. The Bertz CT molecular complexity index is 691. The molecule has 0 bridgehead atoms. The maximum Gasteiger partial charge on any atom is 0.317 e. The molecule has 6 heteroatoms. The van der Waals surface area contributed by atoms with E-state index in [4.69, 9.17) is 11.6 Å². The SMILES string of the molecule is CC(NC(=O)N(C)Cc1ccc(F)cc1F)c1ccc(Cl)cc1. The number of benzene rings is 2. The van der Waals surface area contributed by atoms with Gasteiger partial charge in [0.1, 0.15) is 11.6 Å². The van der Waals surface area contributed by atoms with Gasteiger partial charge in [0.15, 0.2) is 0 Å². The van der Waals surface area contributed by atoms with Crippen LogP contribution in [0, 0.1) is 11.6 Å². The molecule has 1 unspecified atom stereocenters. The van der Waals surface area contributed by atoms with Gasteiger partial charge in [0.05, 0.1) is 6.04 Å². The summed E-state index contributed by atoms with van der Waals surface area (Å²) < 4.78 is 26.5. The maximum atomic E-state index is 13.6. The van der Waals surface area contributed by atoms with E-state index in [-0.39, 0.29) is 24.2 Å². The number of carbonyl (C=O) groups is 1. The Balaban J connectivity index is 1.98. The number of urea groups is 1. The van der Waals surface area contributed by atoms with E-state index in [2.05, 4.69) is 5.32 Å². The molecule has 2 rings (SSSR count). The molecule has 23 heavy (non-hydrogen) atoms. The van der Waals surface area contributed by atoms with Crippen LogP contribution >= 0.6 is 11.6 Å². The van der Waals surface area contributed by atoms with Gasteiger partial charge in [0.25, 0.3) is 0 Å². The van der Waals surface area contributed by atoms with E-state index in [1.807, 2.05) is 19.1 Å². The quantitative estimate of drug-likeness (QED) is 0.873. The van der Waals surface area contributed by atoms with Crippen molar-refractivity contribution in [3.05, 3.63) is 70.2 Å². The van der Waals surface area contributed by atoms with Gasteiger partial charge in [-0.2, -0.15) is 0 Å². The highest BCUT2D eigenvalue weighted by Gasteiger charge is 2.15. The summed E-state index contributed by atoms with van der Waals surface area (Å²) in [5.74, 6) is -1.31. The molecule has 0 radical (unpaired) electrons. The molecule has 2 aromatic rings. The summed E-state index contributed by atoms with van der Waals surface area (Å²) >= 11 is 5.83. The maximum absolute atomic E-state index is 13.6. The fraction of sp³-hybridized carbons (Fsp3) is 0.235. The first-order valence-electron chi connectivity index (χ1n) is 7.08.